The van der Waals surface area contributed by atoms with Crippen LogP contribution in [0.1, 0.15) is 0 Å². The molecule has 0 aromatic rings. The van der Waals surface area contributed by atoms with Gasteiger partial charge in [-0.25, -0.2) is 4.99 Å². The maximum Gasteiger partial charge on any atom is 0.264 e. The number of hydrogen-bond acceptors (Lipinski definition) is 5. The van der Waals surface area contributed by atoms with E-state index in [0.717, 1.165) is 6.26 Å². The van der Waals surface area contributed by atoms with Crippen molar-refractivity contribution in [1.82, 2.24) is 0 Å². The van der Waals surface area contributed by atoms with Crippen LogP contribution in [0.5, 0.6) is 0 Å². The first-order valence-corrected chi connectivity index (χ1v) is 2.96. The van der Waals surface area contributed by atoms with Gasteiger partial charge in [0.25, 0.3) is 5.90 Å². The summed E-state index contributed by atoms with van der Waals surface area (Å²) in [5.41, 5.74) is 0. The number of rotatable bonds is 0. The minimum atomic E-state index is -0.346. The van der Waals surface area contributed by atoms with E-state index in [4.69, 9.17) is 19.7 Å². The molecule has 0 aromatic carbocycles. The maximum atomic E-state index is 9.12. The third kappa shape index (κ3) is 0.739. The van der Waals surface area contributed by atoms with E-state index < -0.39 is 0 Å². The van der Waals surface area contributed by atoms with Crippen molar-refractivity contribution >= 4 is 5.90 Å². The Hall–Kier alpha value is -1.65. The molecule has 2 N–H and O–H groups in total. The zero-order valence-electron chi connectivity index (χ0n) is 5.44. The van der Waals surface area contributed by atoms with Gasteiger partial charge in [-0.05, 0) is 0 Å². The summed E-state index contributed by atoms with van der Waals surface area (Å²) in [6.07, 6.45) is 1.01. The molecule has 11 heavy (non-hydrogen) atoms. The first-order chi connectivity index (χ1) is 5.29. The largest absolute Gasteiger partial charge is 0.502 e. The Morgan fingerprint density at radius 2 is 2.27 bits per heavy atom. The normalized spacial score (nSPS) is 21.5. The molecule has 0 bridgehead atoms. The summed E-state index contributed by atoms with van der Waals surface area (Å²) in [7, 11) is 0. The van der Waals surface area contributed by atoms with Crippen molar-refractivity contribution in [2.24, 2.45) is 4.99 Å². The fourth-order valence-electron chi connectivity index (χ4n) is 0.833. The van der Waals surface area contributed by atoms with Crippen LogP contribution in [0, 0.1) is 0 Å². The molecule has 0 amide bonds. The first-order valence-electron chi connectivity index (χ1n) is 2.96. The lowest BCUT2D eigenvalue weighted by Crippen LogP contribution is -2.11. The fraction of sp³-hybridized carbons (Fsp3) is 0.167. The van der Waals surface area contributed by atoms with Crippen LogP contribution in [0.2, 0.25) is 0 Å². The van der Waals surface area contributed by atoms with Crippen LogP contribution in [0.25, 0.3) is 0 Å². The lowest BCUT2D eigenvalue weighted by atomic mass is 10.3. The van der Waals surface area contributed by atoms with Crippen molar-refractivity contribution in [3.8, 4) is 0 Å². The third-order valence-corrected chi connectivity index (χ3v) is 1.35. The molecule has 0 radical (unpaired) electrons. The van der Waals surface area contributed by atoms with E-state index in [0.29, 0.717) is 0 Å². The molecule has 2 rings (SSSR count). The van der Waals surface area contributed by atoms with Gasteiger partial charge in [0.2, 0.25) is 11.5 Å². The number of hydrogen-bond donors (Lipinski definition) is 2. The Morgan fingerprint density at radius 3 is 3.09 bits per heavy atom. The molecule has 0 unspecified atom stereocenters. The summed E-state index contributed by atoms with van der Waals surface area (Å²) in [6, 6.07) is 0. The number of aliphatic hydroxyl groups is 2. The van der Waals surface area contributed by atoms with Gasteiger partial charge < -0.3 is 19.7 Å². The lowest BCUT2D eigenvalue weighted by molar-refractivity contribution is 0.212. The molecule has 5 heteroatoms. The molecule has 0 saturated heterocycles. The summed E-state index contributed by atoms with van der Waals surface area (Å²) >= 11 is 0. The third-order valence-electron chi connectivity index (χ3n) is 1.35. The van der Waals surface area contributed by atoms with Crippen LogP contribution in [-0.2, 0) is 9.47 Å². The monoisotopic (exact) mass is 155 g/mol. The average molecular weight is 155 g/mol. The molecule has 0 saturated carbocycles. The predicted molar refractivity (Wildman–Crippen MR) is 34.8 cm³/mol. The molecule has 0 aliphatic carbocycles. The van der Waals surface area contributed by atoms with Crippen LogP contribution in [0.15, 0.2) is 28.5 Å². The maximum absolute atomic E-state index is 9.12. The van der Waals surface area contributed by atoms with Crippen LogP contribution in [0.3, 0.4) is 0 Å². The molecular weight excluding hydrogens is 150 g/mol. The van der Waals surface area contributed by atoms with E-state index in [1.54, 1.807) is 0 Å². The minimum Gasteiger partial charge on any atom is -0.502 e. The second-order valence-electron chi connectivity index (χ2n) is 2.04. The highest BCUT2D eigenvalue weighted by Gasteiger charge is 2.27. The van der Waals surface area contributed by atoms with Crippen molar-refractivity contribution < 1.29 is 19.7 Å². The van der Waals surface area contributed by atoms with E-state index in [1.165, 1.54) is 0 Å². The molecule has 0 fully saturated rings. The van der Waals surface area contributed by atoms with E-state index in [-0.39, 0.29) is 29.9 Å². The van der Waals surface area contributed by atoms with Gasteiger partial charge in [-0.15, -0.1) is 0 Å². The second-order valence-corrected chi connectivity index (χ2v) is 2.04. The first kappa shape index (κ1) is 6.09. The van der Waals surface area contributed by atoms with Gasteiger partial charge in [0.05, 0.1) is 0 Å². The van der Waals surface area contributed by atoms with Gasteiger partial charge in [0.15, 0.2) is 12.5 Å². The molecule has 5 nitrogen and oxygen atoms in total. The summed E-state index contributed by atoms with van der Waals surface area (Å²) < 4.78 is 9.62. The smallest absolute Gasteiger partial charge is 0.264 e. The van der Waals surface area contributed by atoms with Crippen LogP contribution in [0.4, 0.5) is 0 Å². The Balaban J connectivity index is 2.47. The molecule has 0 spiro atoms. The van der Waals surface area contributed by atoms with Crippen molar-refractivity contribution in [2.45, 2.75) is 0 Å². The highest BCUT2D eigenvalue weighted by Crippen LogP contribution is 2.22. The highest BCUT2D eigenvalue weighted by molar-refractivity contribution is 5.95. The van der Waals surface area contributed by atoms with Crippen molar-refractivity contribution in [3.63, 3.8) is 0 Å². The standard InChI is InChI=1S/C6H5NO4/c8-3-1-10-6-5(4(3)9)11-2-7-6/h1,8-9H,2H2. The molecule has 2 aliphatic heterocycles. The number of aliphatic hydroxyl groups excluding tert-OH is 2. The van der Waals surface area contributed by atoms with E-state index in [9.17, 15) is 0 Å². The quantitative estimate of drug-likeness (QED) is 0.536. The topological polar surface area (TPSA) is 71.3 Å². The average Bonchev–Trinajstić information content (AvgIpc) is 2.45. The van der Waals surface area contributed by atoms with Gasteiger partial charge in [-0.1, -0.05) is 0 Å². The Bertz CT molecular complexity index is 289. The molecule has 2 heterocycles. The van der Waals surface area contributed by atoms with Crippen LogP contribution >= 0.6 is 0 Å². The zero-order chi connectivity index (χ0) is 7.84. The lowest BCUT2D eigenvalue weighted by Gasteiger charge is -2.09. The van der Waals surface area contributed by atoms with Gasteiger partial charge in [0.1, 0.15) is 6.26 Å². The Labute approximate surface area is 61.9 Å². The van der Waals surface area contributed by atoms with Gasteiger partial charge in [-0.2, -0.15) is 0 Å². The summed E-state index contributed by atoms with van der Waals surface area (Å²) in [4.78, 5) is 3.74. The minimum absolute atomic E-state index is 0.102. The second kappa shape index (κ2) is 1.91. The number of ether oxygens (including phenoxy) is 2. The Morgan fingerprint density at radius 1 is 1.45 bits per heavy atom. The fourth-order valence-corrected chi connectivity index (χ4v) is 0.833. The SMILES string of the molecule is OC1=COC2=NCOC2=C1O. The zero-order valence-corrected chi connectivity index (χ0v) is 5.44. The van der Waals surface area contributed by atoms with Gasteiger partial charge in [-0.3, -0.25) is 0 Å². The molecule has 0 aromatic heterocycles. The van der Waals surface area contributed by atoms with Crippen molar-refractivity contribution in [2.75, 3.05) is 6.73 Å². The molecule has 0 atom stereocenters. The van der Waals surface area contributed by atoms with E-state index in [1.807, 2.05) is 0 Å². The summed E-state index contributed by atoms with van der Waals surface area (Å²) in [5, 5.41) is 18.0. The van der Waals surface area contributed by atoms with Gasteiger partial charge >= 0.3 is 0 Å². The summed E-state index contributed by atoms with van der Waals surface area (Å²) in [5.74, 6) is -0.362. The van der Waals surface area contributed by atoms with Crippen molar-refractivity contribution in [1.29, 1.82) is 0 Å². The predicted octanol–water partition coefficient (Wildman–Crippen LogP) is 0.572. The Kier molecular flexibility index (Phi) is 1.06. The molecule has 58 valence electrons. The van der Waals surface area contributed by atoms with E-state index in [2.05, 4.69) is 4.99 Å². The van der Waals surface area contributed by atoms with E-state index >= 15 is 0 Å². The summed E-state index contributed by atoms with van der Waals surface area (Å²) in [6.45, 7) is 0.121. The van der Waals surface area contributed by atoms with Crippen molar-refractivity contribution in [3.05, 3.63) is 23.5 Å². The van der Waals surface area contributed by atoms with Crippen LogP contribution in [-0.4, -0.2) is 22.8 Å². The highest BCUT2D eigenvalue weighted by atomic mass is 16.6. The number of nitrogens with zero attached hydrogens (tertiary/aromatic N) is 1. The van der Waals surface area contributed by atoms with Crippen LogP contribution < -0.4 is 0 Å². The number of fused-ring (bicyclic) bond motifs is 1. The molecular formula is C6H5NO4. The number of aliphatic imine (C=N–C) groups is 1. The molecule has 2 aliphatic rings. The van der Waals surface area contributed by atoms with Gasteiger partial charge in [0, 0.05) is 0 Å².